The number of benzene rings is 1. The zero-order valence-corrected chi connectivity index (χ0v) is 10.6. The quantitative estimate of drug-likeness (QED) is 0.725. The third-order valence-corrected chi connectivity index (χ3v) is 1.67. The summed E-state index contributed by atoms with van der Waals surface area (Å²) in [7, 11) is 0. The summed E-state index contributed by atoms with van der Waals surface area (Å²) >= 11 is 0. The first kappa shape index (κ1) is 13.4. The fourth-order valence-electron chi connectivity index (χ4n) is 1.09. The van der Waals surface area contributed by atoms with Gasteiger partial charge in [-0.2, -0.15) is 30.3 Å². The summed E-state index contributed by atoms with van der Waals surface area (Å²) < 4.78 is 0. The maximum atomic E-state index is 4.23. The van der Waals surface area contributed by atoms with Crippen molar-refractivity contribution in [1.82, 2.24) is 4.98 Å². The van der Waals surface area contributed by atoms with Crippen molar-refractivity contribution in [1.29, 1.82) is 0 Å². The van der Waals surface area contributed by atoms with Crippen LogP contribution in [-0.2, 0) is 32.7 Å². The molecule has 1 aromatic carbocycles. The van der Waals surface area contributed by atoms with Crippen LogP contribution in [0, 0.1) is 6.07 Å². The molecule has 0 fully saturated rings. The molecular formula is C11H10N2Y-2. The molecule has 2 aromatic rings. The van der Waals surface area contributed by atoms with Crippen LogP contribution in [0.1, 0.15) is 0 Å². The molecule has 1 aromatic heterocycles. The van der Waals surface area contributed by atoms with Crippen molar-refractivity contribution in [2.24, 2.45) is 0 Å². The van der Waals surface area contributed by atoms with Crippen LogP contribution < -0.4 is 0 Å². The number of pyridine rings is 1. The molecule has 0 aliphatic carbocycles. The standard InChI is InChI=1S/C11H8N.H2N.Y/c1-2-6-10(7-3-1)11-8-4-5-9-12-11;;/h1-2,4-9H;1H2;/q2*-1;. The minimum Gasteiger partial charge on any atom is -0.693 e. The Morgan fingerprint density at radius 1 is 1.07 bits per heavy atom. The van der Waals surface area contributed by atoms with E-state index in [4.69, 9.17) is 0 Å². The number of hydrogen-bond donors (Lipinski definition) is 0. The second-order valence-corrected chi connectivity index (χ2v) is 2.51. The van der Waals surface area contributed by atoms with Gasteiger partial charge >= 0.3 is 0 Å². The smallest absolute Gasteiger partial charge is 0.0262 e. The normalized spacial score (nSPS) is 8.29. The molecule has 0 bridgehead atoms. The minimum absolute atomic E-state index is 0. The maximum Gasteiger partial charge on any atom is 0.0262 e. The summed E-state index contributed by atoms with van der Waals surface area (Å²) in [5.41, 5.74) is 2.10. The van der Waals surface area contributed by atoms with E-state index >= 15 is 0 Å². The summed E-state index contributed by atoms with van der Waals surface area (Å²) in [6.45, 7) is 0. The first-order valence-corrected chi connectivity index (χ1v) is 3.84. The number of nitrogens with zero attached hydrogens (tertiary/aromatic N) is 1. The van der Waals surface area contributed by atoms with Crippen LogP contribution in [0.15, 0.2) is 48.7 Å². The Balaban J connectivity index is 0.000000845. The van der Waals surface area contributed by atoms with Crippen LogP contribution in [0.5, 0.6) is 0 Å². The predicted octanol–water partition coefficient (Wildman–Crippen LogP) is 3.26. The molecule has 3 heteroatoms. The molecule has 1 radical (unpaired) electrons. The van der Waals surface area contributed by atoms with Gasteiger partial charge in [0.05, 0.1) is 0 Å². The Kier molecular flexibility index (Phi) is 6.55. The molecule has 0 aliphatic rings. The van der Waals surface area contributed by atoms with Gasteiger partial charge in [0.25, 0.3) is 0 Å². The molecule has 0 saturated carbocycles. The minimum atomic E-state index is 0. The summed E-state index contributed by atoms with van der Waals surface area (Å²) in [6.07, 6.45) is 1.79. The Bertz CT molecular complexity index is 311. The first-order valence-electron chi connectivity index (χ1n) is 3.84. The van der Waals surface area contributed by atoms with Gasteiger partial charge in [0.2, 0.25) is 0 Å². The van der Waals surface area contributed by atoms with Crippen molar-refractivity contribution in [3.05, 3.63) is 60.9 Å². The second-order valence-electron chi connectivity index (χ2n) is 2.51. The zero-order valence-electron chi connectivity index (χ0n) is 7.72. The first-order chi connectivity index (χ1) is 5.97. The van der Waals surface area contributed by atoms with Crippen LogP contribution in [0.3, 0.4) is 0 Å². The van der Waals surface area contributed by atoms with E-state index in [9.17, 15) is 0 Å². The van der Waals surface area contributed by atoms with Gasteiger partial charge in [0, 0.05) is 44.6 Å². The Hall–Kier alpha value is -0.566. The number of rotatable bonds is 1. The molecule has 0 aliphatic heterocycles. The Morgan fingerprint density at radius 2 is 1.93 bits per heavy atom. The number of nitrogens with two attached hydrogens (primary N) is 1. The van der Waals surface area contributed by atoms with Crippen LogP contribution >= 0.6 is 0 Å². The van der Waals surface area contributed by atoms with Gasteiger partial charge in [-0.1, -0.05) is 6.07 Å². The van der Waals surface area contributed by atoms with E-state index in [1.54, 1.807) is 6.20 Å². The van der Waals surface area contributed by atoms with Crippen LogP contribution in [0.2, 0.25) is 0 Å². The van der Waals surface area contributed by atoms with Gasteiger partial charge < -0.3 is 6.15 Å². The van der Waals surface area contributed by atoms with E-state index in [1.807, 2.05) is 42.5 Å². The van der Waals surface area contributed by atoms with Gasteiger partial charge in [0.15, 0.2) is 0 Å². The van der Waals surface area contributed by atoms with Gasteiger partial charge in [-0.25, -0.2) is 0 Å². The topological polar surface area (TPSA) is 46.4 Å². The van der Waals surface area contributed by atoms with Crippen molar-refractivity contribution in [2.45, 2.75) is 0 Å². The third-order valence-electron chi connectivity index (χ3n) is 1.67. The summed E-state index contributed by atoms with van der Waals surface area (Å²) in [4.78, 5) is 4.23. The van der Waals surface area contributed by atoms with Crippen LogP contribution in [-0.4, -0.2) is 4.98 Å². The molecule has 2 rings (SSSR count). The van der Waals surface area contributed by atoms with Crippen LogP contribution in [0.25, 0.3) is 17.4 Å². The summed E-state index contributed by atoms with van der Waals surface area (Å²) in [6, 6.07) is 16.7. The summed E-state index contributed by atoms with van der Waals surface area (Å²) in [5.74, 6) is 0. The molecule has 0 saturated heterocycles. The largest absolute Gasteiger partial charge is 0.693 e. The van der Waals surface area contributed by atoms with E-state index in [2.05, 4.69) is 11.1 Å². The van der Waals surface area contributed by atoms with E-state index in [0.717, 1.165) is 11.3 Å². The van der Waals surface area contributed by atoms with E-state index in [-0.39, 0.29) is 38.9 Å². The van der Waals surface area contributed by atoms with E-state index < -0.39 is 0 Å². The number of hydrogen-bond acceptors (Lipinski definition) is 1. The second kappa shape index (κ2) is 6.82. The van der Waals surface area contributed by atoms with Crippen LogP contribution in [0.4, 0.5) is 0 Å². The van der Waals surface area contributed by atoms with Crippen molar-refractivity contribution in [3.63, 3.8) is 0 Å². The zero-order chi connectivity index (χ0) is 8.23. The monoisotopic (exact) mass is 259 g/mol. The van der Waals surface area contributed by atoms with Gasteiger partial charge in [-0.15, -0.1) is 5.56 Å². The Morgan fingerprint density at radius 3 is 2.50 bits per heavy atom. The Labute approximate surface area is 109 Å². The van der Waals surface area contributed by atoms with Gasteiger partial charge in [-0.05, 0) is 12.1 Å². The molecule has 0 spiro atoms. The molecule has 14 heavy (non-hydrogen) atoms. The average molecular weight is 259 g/mol. The molecule has 0 amide bonds. The fraction of sp³-hybridized carbons (Fsp3) is 0. The van der Waals surface area contributed by atoms with Crippen molar-refractivity contribution in [2.75, 3.05) is 0 Å². The SMILES string of the molecule is [NH2-].[Y].[c-]1cccc(-c2ccccn2)c1. The molecule has 69 valence electrons. The molecule has 0 unspecified atom stereocenters. The van der Waals surface area contributed by atoms with Crippen molar-refractivity contribution < 1.29 is 32.7 Å². The predicted molar refractivity (Wildman–Crippen MR) is 53.8 cm³/mol. The van der Waals surface area contributed by atoms with Gasteiger partial charge in [0.1, 0.15) is 0 Å². The van der Waals surface area contributed by atoms with Crippen molar-refractivity contribution in [3.8, 4) is 11.3 Å². The molecule has 2 nitrogen and oxygen atoms in total. The molecule has 2 N–H and O–H groups in total. The summed E-state index contributed by atoms with van der Waals surface area (Å²) in [5, 5.41) is 0. The van der Waals surface area contributed by atoms with Gasteiger partial charge in [-0.3, -0.25) is 4.98 Å². The van der Waals surface area contributed by atoms with E-state index in [1.165, 1.54) is 0 Å². The number of aromatic nitrogens is 1. The van der Waals surface area contributed by atoms with Crippen molar-refractivity contribution >= 4 is 0 Å². The van der Waals surface area contributed by atoms with E-state index in [0.29, 0.717) is 0 Å². The molecule has 1 heterocycles. The average Bonchev–Trinajstić information content (AvgIpc) is 2.21. The fourth-order valence-corrected chi connectivity index (χ4v) is 1.09. The molecular weight excluding hydrogens is 249 g/mol. The molecule has 0 atom stereocenters. The maximum absolute atomic E-state index is 4.23. The third kappa shape index (κ3) is 3.30.